The molecule has 3 rings (SSSR count). The first-order valence-electron chi connectivity index (χ1n) is 23.2. The van der Waals surface area contributed by atoms with Gasteiger partial charge in [0.15, 0.2) is 5.78 Å². The van der Waals surface area contributed by atoms with Crippen LogP contribution in [0.15, 0.2) is 54.6 Å². The van der Waals surface area contributed by atoms with Crippen molar-refractivity contribution in [3.05, 3.63) is 60.2 Å². The average Bonchev–Trinajstić information content (AvgIpc) is 3.72. The van der Waals surface area contributed by atoms with E-state index in [9.17, 15) is 24.0 Å². The predicted molar refractivity (Wildman–Crippen MR) is 253 cm³/mol. The van der Waals surface area contributed by atoms with E-state index in [-0.39, 0.29) is 83.9 Å². The Kier molecular flexibility index (Phi) is 20.5. The number of Topliss-reactive ketones (excluding diaryl/α,β-unsaturated/α-hetero) is 2. The highest BCUT2D eigenvalue weighted by molar-refractivity contribution is 5.96. The number of nitrogens with zero attached hydrogens (tertiary/aromatic N) is 3. The molecule has 12 nitrogen and oxygen atoms in total. The minimum Gasteiger partial charge on any atom is -0.399 e. The van der Waals surface area contributed by atoms with Gasteiger partial charge in [-0.2, -0.15) is 0 Å². The standard InChI is InChI=1S/C51H81N5O7/c1-15-34(6)47(54(11)50(61)40(32(2)3)30-43(58)46(33(4)5)55(12)51(8,9)10)44(62-13)31-45(59)56-27-19-22-41(56)48(63-14)35(7)42(57)29-37(28-36-20-17-16-18-21-36)49(60)53-39-25-23-38(52)24-26-39/h16-18,20-21,23-26,32-35,37,40-41,44,46-48H,15,19,22,27-31,52H2,1-14H3,(H,53,60)/t34-,35-,37+,40-,41-,44+,46-,47-,48+/m0/s1. The molecule has 3 amide bonds. The number of likely N-dealkylation sites (N-methyl/N-ethyl adjacent to an activating group) is 2. The number of ketones is 2. The Labute approximate surface area is 379 Å². The van der Waals surface area contributed by atoms with Gasteiger partial charge in [0.25, 0.3) is 0 Å². The van der Waals surface area contributed by atoms with Gasteiger partial charge in [-0.05, 0) is 94.7 Å². The van der Waals surface area contributed by atoms with Crippen LogP contribution >= 0.6 is 0 Å². The molecule has 12 heteroatoms. The topological polar surface area (TPSA) is 152 Å². The van der Waals surface area contributed by atoms with E-state index < -0.39 is 36.0 Å². The molecule has 0 aromatic heterocycles. The third-order valence-corrected chi connectivity index (χ3v) is 13.7. The molecule has 1 aliphatic rings. The summed E-state index contributed by atoms with van der Waals surface area (Å²) in [6.07, 6.45) is 1.44. The number of nitrogens with two attached hydrogens (primary N) is 1. The van der Waals surface area contributed by atoms with Gasteiger partial charge in [0.2, 0.25) is 17.7 Å². The lowest BCUT2D eigenvalue weighted by Crippen LogP contribution is -2.55. The van der Waals surface area contributed by atoms with Crippen molar-refractivity contribution in [1.82, 2.24) is 14.7 Å². The van der Waals surface area contributed by atoms with E-state index in [0.717, 1.165) is 18.4 Å². The van der Waals surface area contributed by atoms with Gasteiger partial charge in [-0.1, -0.05) is 85.2 Å². The Balaban J connectivity index is 1.82. The second-order valence-corrected chi connectivity index (χ2v) is 19.7. The molecule has 0 aliphatic carbocycles. The summed E-state index contributed by atoms with van der Waals surface area (Å²) in [5.41, 5.74) is 7.75. The van der Waals surface area contributed by atoms with Crippen LogP contribution < -0.4 is 11.1 Å². The van der Waals surface area contributed by atoms with Crippen molar-refractivity contribution in [3.8, 4) is 0 Å². The number of carbonyl (C=O) groups is 5. The van der Waals surface area contributed by atoms with Gasteiger partial charge < -0.3 is 30.3 Å². The summed E-state index contributed by atoms with van der Waals surface area (Å²) in [7, 11) is 6.92. The third kappa shape index (κ3) is 14.4. The first kappa shape index (κ1) is 53.2. The maximum Gasteiger partial charge on any atom is 0.228 e. The van der Waals surface area contributed by atoms with Crippen LogP contribution in [0.3, 0.4) is 0 Å². The summed E-state index contributed by atoms with van der Waals surface area (Å²) in [6.45, 7) is 20.8. The van der Waals surface area contributed by atoms with Crippen LogP contribution in [-0.4, -0.2) is 115 Å². The molecule has 2 aromatic rings. The number of anilines is 2. The Bertz CT molecular complexity index is 1780. The number of hydrogen-bond donors (Lipinski definition) is 2. The van der Waals surface area contributed by atoms with E-state index in [1.165, 1.54) is 0 Å². The Morgan fingerprint density at radius 2 is 1.46 bits per heavy atom. The fraction of sp³-hybridized carbons (Fsp3) is 0.667. The number of hydrogen-bond acceptors (Lipinski definition) is 9. The molecule has 0 radical (unpaired) electrons. The minimum atomic E-state index is -0.645. The zero-order valence-electron chi connectivity index (χ0n) is 41.0. The van der Waals surface area contributed by atoms with E-state index >= 15 is 0 Å². The third-order valence-electron chi connectivity index (χ3n) is 13.7. The monoisotopic (exact) mass is 876 g/mol. The number of benzene rings is 2. The molecule has 1 aliphatic heterocycles. The molecule has 0 bridgehead atoms. The molecular weight excluding hydrogens is 795 g/mol. The highest BCUT2D eigenvalue weighted by Crippen LogP contribution is 2.32. The maximum atomic E-state index is 14.6. The van der Waals surface area contributed by atoms with Gasteiger partial charge >= 0.3 is 0 Å². The molecule has 1 fully saturated rings. The Morgan fingerprint density at radius 3 is 1.98 bits per heavy atom. The number of likely N-dealkylation sites (tertiary alicyclic amines) is 1. The van der Waals surface area contributed by atoms with E-state index in [0.29, 0.717) is 30.8 Å². The van der Waals surface area contributed by atoms with Gasteiger partial charge in [0, 0.05) is 75.3 Å². The van der Waals surface area contributed by atoms with Crippen LogP contribution in [0.25, 0.3) is 0 Å². The highest BCUT2D eigenvalue weighted by Gasteiger charge is 2.44. The smallest absolute Gasteiger partial charge is 0.228 e. The summed E-state index contributed by atoms with van der Waals surface area (Å²) in [5, 5.41) is 2.97. The first-order valence-corrected chi connectivity index (χ1v) is 23.2. The van der Waals surface area contributed by atoms with E-state index in [1.807, 2.05) is 63.1 Å². The van der Waals surface area contributed by atoms with Crippen molar-refractivity contribution in [2.45, 2.75) is 150 Å². The molecule has 1 heterocycles. The van der Waals surface area contributed by atoms with Gasteiger partial charge in [-0.15, -0.1) is 0 Å². The van der Waals surface area contributed by atoms with Crippen molar-refractivity contribution in [2.75, 3.05) is 45.9 Å². The van der Waals surface area contributed by atoms with Crippen LogP contribution in [0.2, 0.25) is 0 Å². The van der Waals surface area contributed by atoms with Gasteiger partial charge in [0.05, 0.1) is 36.8 Å². The second-order valence-electron chi connectivity index (χ2n) is 19.7. The quantitative estimate of drug-likeness (QED) is 0.100. The van der Waals surface area contributed by atoms with Crippen LogP contribution in [0, 0.1) is 35.5 Å². The zero-order chi connectivity index (χ0) is 47.3. The van der Waals surface area contributed by atoms with E-state index in [4.69, 9.17) is 15.2 Å². The predicted octanol–water partition coefficient (Wildman–Crippen LogP) is 7.93. The summed E-state index contributed by atoms with van der Waals surface area (Å²) >= 11 is 0. The number of rotatable bonds is 24. The average molecular weight is 876 g/mol. The van der Waals surface area contributed by atoms with Crippen molar-refractivity contribution in [3.63, 3.8) is 0 Å². The molecule has 9 atom stereocenters. The fourth-order valence-corrected chi connectivity index (χ4v) is 9.40. The molecule has 0 saturated carbocycles. The molecular formula is C51H81N5O7. The molecule has 0 spiro atoms. The first-order chi connectivity index (χ1) is 29.6. The van der Waals surface area contributed by atoms with Crippen LogP contribution in [0.4, 0.5) is 11.4 Å². The van der Waals surface area contributed by atoms with Crippen LogP contribution in [0.5, 0.6) is 0 Å². The molecule has 2 aromatic carbocycles. The lowest BCUT2D eigenvalue weighted by atomic mass is 9.83. The number of ether oxygens (including phenoxy) is 2. The van der Waals surface area contributed by atoms with Crippen LogP contribution in [0.1, 0.15) is 113 Å². The normalized spacial score (nSPS) is 18.4. The number of amides is 3. The van der Waals surface area contributed by atoms with Crippen molar-refractivity contribution in [2.24, 2.45) is 35.5 Å². The van der Waals surface area contributed by atoms with Gasteiger partial charge in [-0.3, -0.25) is 28.9 Å². The Morgan fingerprint density at radius 1 is 0.841 bits per heavy atom. The molecule has 0 unspecified atom stereocenters. The largest absolute Gasteiger partial charge is 0.399 e. The summed E-state index contributed by atoms with van der Waals surface area (Å²) in [5.74, 6) is -2.44. The lowest BCUT2D eigenvalue weighted by Gasteiger charge is -2.42. The van der Waals surface area contributed by atoms with E-state index in [1.54, 1.807) is 50.4 Å². The number of methoxy groups -OCH3 is 2. The molecule has 3 N–H and O–H groups in total. The van der Waals surface area contributed by atoms with E-state index in [2.05, 4.69) is 58.7 Å². The highest BCUT2D eigenvalue weighted by atomic mass is 16.5. The van der Waals surface area contributed by atoms with Crippen molar-refractivity contribution < 1.29 is 33.4 Å². The van der Waals surface area contributed by atoms with Crippen LogP contribution in [-0.2, 0) is 39.9 Å². The number of nitrogens with one attached hydrogen (secondary N) is 1. The molecule has 63 heavy (non-hydrogen) atoms. The SMILES string of the molecule is CC[C@H](C)[C@@H]([C@@H](CC(=O)N1CCC[C@H]1[C@H](OC)[C@@H](C)C(=O)C[C@@H](Cc1ccccc1)C(=O)Nc1ccc(N)cc1)OC)N(C)C(=O)[C@@H](CC(=O)[C@H](C(C)C)N(C)C(C)(C)C)C(C)C. The maximum absolute atomic E-state index is 14.6. The minimum absolute atomic E-state index is 0.00548. The number of nitrogen functional groups attached to an aromatic ring is 1. The zero-order valence-corrected chi connectivity index (χ0v) is 41.0. The summed E-state index contributed by atoms with van der Waals surface area (Å²) < 4.78 is 12.2. The van der Waals surface area contributed by atoms with Gasteiger partial charge in [0.1, 0.15) is 5.78 Å². The summed E-state index contributed by atoms with van der Waals surface area (Å²) in [6, 6.07) is 15.4. The van der Waals surface area contributed by atoms with Gasteiger partial charge in [-0.25, -0.2) is 0 Å². The van der Waals surface area contributed by atoms with Crippen molar-refractivity contribution >= 4 is 40.7 Å². The summed E-state index contributed by atoms with van der Waals surface area (Å²) in [4.78, 5) is 76.7. The van der Waals surface area contributed by atoms with Crippen molar-refractivity contribution in [1.29, 1.82) is 0 Å². The lowest BCUT2D eigenvalue weighted by molar-refractivity contribution is -0.149. The molecule has 1 saturated heterocycles. The Hall–Kier alpha value is -4.13. The fourth-order valence-electron chi connectivity index (χ4n) is 9.40. The number of carbonyl (C=O) groups excluding carboxylic acids is 5. The molecule has 352 valence electrons. The second kappa shape index (κ2) is 24.2.